The van der Waals surface area contributed by atoms with Crippen molar-refractivity contribution in [2.45, 2.75) is 0 Å². The van der Waals surface area contributed by atoms with E-state index in [1.165, 1.54) is 0 Å². The molecule has 78 valence electrons. The number of rotatable bonds is 1. The Morgan fingerprint density at radius 3 is 2.53 bits per heavy atom. The van der Waals surface area contributed by atoms with Gasteiger partial charge in [-0.2, -0.15) is 0 Å². The van der Waals surface area contributed by atoms with Crippen LogP contribution >= 0.6 is 43.5 Å². The molecule has 0 atom stereocenters. The van der Waals surface area contributed by atoms with Gasteiger partial charge < -0.3 is 10.3 Å². The van der Waals surface area contributed by atoms with E-state index >= 15 is 0 Å². The van der Waals surface area contributed by atoms with Gasteiger partial charge in [-0.05, 0) is 34.1 Å². The maximum atomic E-state index is 5.92. The number of hydrogen-bond donors (Lipinski definition) is 1. The molecular weight excluding hydrogens is 347 g/mol. The fourth-order valence-corrected chi connectivity index (χ4v) is 2.39. The summed E-state index contributed by atoms with van der Waals surface area (Å²) in [5.74, 6) is 0.886. The van der Waals surface area contributed by atoms with Crippen LogP contribution in [0.2, 0.25) is 5.02 Å². The second-order valence-corrected chi connectivity index (χ2v) is 5.01. The van der Waals surface area contributed by atoms with Crippen molar-refractivity contribution in [3.8, 4) is 11.3 Å². The second-order valence-electron chi connectivity index (χ2n) is 2.87. The van der Waals surface area contributed by atoms with Crippen molar-refractivity contribution in [3.63, 3.8) is 0 Å². The largest absolute Gasteiger partial charge is 0.380 e. The van der Waals surface area contributed by atoms with Gasteiger partial charge in [-0.25, -0.2) is 0 Å². The fourth-order valence-electron chi connectivity index (χ4n) is 1.16. The van der Waals surface area contributed by atoms with Crippen LogP contribution in [0.25, 0.3) is 11.3 Å². The average molecular weight is 352 g/mol. The van der Waals surface area contributed by atoms with Crippen molar-refractivity contribution >= 4 is 49.3 Å². The lowest BCUT2D eigenvalue weighted by Crippen LogP contribution is -1.83. The average Bonchev–Trinajstić information content (AvgIpc) is 2.46. The van der Waals surface area contributed by atoms with Gasteiger partial charge in [0, 0.05) is 15.1 Å². The van der Waals surface area contributed by atoms with Gasteiger partial charge in [-0.15, -0.1) is 0 Å². The van der Waals surface area contributed by atoms with E-state index in [1.54, 1.807) is 12.1 Å². The first-order chi connectivity index (χ1) is 7.08. The van der Waals surface area contributed by atoms with E-state index < -0.39 is 0 Å². The Kier molecular flexibility index (Phi) is 3.04. The monoisotopic (exact) mass is 350 g/mol. The van der Waals surface area contributed by atoms with Gasteiger partial charge in [0.2, 0.25) is 0 Å². The highest BCUT2D eigenvalue weighted by Gasteiger charge is 2.13. The lowest BCUT2D eigenvalue weighted by atomic mass is 10.2. The lowest BCUT2D eigenvalue weighted by Gasteiger charge is -1.99. The van der Waals surface area contributed by atoms with E-state index in [0.717, 1.165) is 10.0 Å². The van der Waals surface area contributed by atoms with E-state index in [0.29, 0.717) is 21.1 Å². The molecule has 0 saturated carbocycles. The van der Waals surface area contributed by atoms with Crippen LogP contribution in [-0.4, -0.2) is 5.16 Å². The Morgan fingerprint density at radius 2 is 2.00 bits per heavy atom. The van der Waals surface area contributed by atoms with Gasteiger partial charge >= 0.3 is 0 Å². The quantitative estimate of drug-likeness (QED) is 0.841. The molecule has 0 radical (unpaired) electrons. The molecule has 1 aromatic carbocycles. The van der Waals surface area contributed by atoms with Crippen LogP contribution in [0.4, 0.5) is 5.82 Å². The van der Waals surface area contributed by atoms with Crippen molar-refractivity contribution < 1.29 is 4.52 Å². The Bertz CT molecular complexity index is 493. The van der Waals surface area contributed by atoms with Crippen LogP contribution < -0.4 is 5.73 Å². The summed E-state index contributed by atoms with van der Waals surface area (Å²) >= 11 is 12.6. The summed E-state index contributed by atoms with van der Waals surface area (Å²) in [6.45, 7) is 0. The highest BCUT2D eigenvalue weighted by molar-refractivity contribution is 9.11. The van der Waals surface area contributed by atoms with Crippen molar-refractivity contribution in [1.29, 1.82) is 0 Å². The molecule has 0 aliphatic rings. The van der Waals surface area contributed by atoms with Gasteiger partial charge in [0.05, 0.1) is 0 Å². The number of halogens is 3. The molecule has 3 nitrogen and oxygen atoms in total. The predicted molar refractivity (Wildman–Crippen MR) is 66.8 cm³/mol. The SMILES string of the molecule is Nc1noc(-c2cc(Cl)cc(Br)c2)c1Br. The van der Waals surface area contributed by atoms with Crippen LogP contribution in [0, 0.1) is 0 Å². The minimum absolute atomic E-state index is 0.320. The summed E-state index contributed by atoms with van der Waals surface area (Å²) in [5, 5.41) is 4.26. The zero-order valence-corrected chi connectivity index (χ0v) is 11.2. The van der Waals surface area contributed by atoms with Crippen LogP contribution in [0.3, 0.4) is 0 Å². The minimum atomic E-state index is 0.320. The molecule has 0 unspecified atom stereocenters. The third kappa shape index (κ3) is 2.19. The molecule has 0 saturated heterocycles. The molecule has 0 fully saturated rings. The number of benzene rings is 1. The number of hydrogen-bond acceptors (Lipinski definition) is 3. The minimum Gasteiger partial charge on any atom is -0.380 e. The molecule has 2 N–H and O–H groups in total. The third-order valence-electron chi connectivity index (χ3n) is 1.78. The molecule has 1 aromatic heterocycles. The van der Waals surface area contributed by atoms with Gasteiger partial charge in [0.1, 0.15) is 4.47 Å². The van der Waals surface area contributed by atoms with E-state index in [1.807, 2.05) is 6.07 Å². The Morgan fingerprint density at radius 1 is 1.27 bits per heavy atom. The molecule has 0 aliphatic heterocycles. The van der Waals surface area contributed by atoms with Crippen LogP contribution in [0.5, 0.6) is 0 Å². The van der Waals surface area contributed by atoms with Gasteiger partial charge in [-0.1, -0.05) is 32.7 Å². The molecule has 6 heteroatoms. The maximum Gasteiger partial charge on any atom is 0.183 e. The van der Waals surface area contributed by atoms with Crippen LogP contribution in [0.15, 0.2) is 31.7 Å². The standard InChI is InChI=1S/C9H5Br2ClN2O/c10-5-1-4(2-6(12)3-5)8-7(11)9(13)14-15-8/h1-3H,(H2,13,14). The van der Waals surface area contributed by atoms with Crippen molar-refractivity contribution in [1.82, 2.24) is 5.16 Å². The van der Waals surface area contributed by atoms with E-state index in [-0.39, 0.29) is 0 Å². The van der Waals surface area contributed by atoms with Gasteiger partial charge in [-0.3, -0.25) is 0 Å². The molecule has 0 bridgehead atoms. The van der Waals surface area contributed by atoms with E-state index in [2.05, 4.69) is 37.0 Å². The van der Waals surface area contributed by atoms with E-state index in [9.17, 15) is 0 Å². The summed E-state index contributed by atoms with van der Waals surface area (Å²) in [6.07, 6.45) is 0. The number of anilines is 1. The number of nitrogens with zero attached hydrogens (tertiary/aromatic N) is 1. The molecule has 0 amide bonds. The number of nitrogen functional groups attached to an aromatic ring is 1. The highest BCUT2D eigenvalue weighted by atomic mass is 79.9. The summed E-state index contributed by atoms with van der Waals surface area (Å²) < 4.78 is 6.59. The van der Waals surface area contributed by atoms with Crippen LogP contribution in [0.1, 0.15) is 0 Å². The molecule has 2 rings (SSSR count). The normalized spacial score (nSPS) is 10.6. The van der Waals surface area contributed by atoms with Gasteiger partial charge in [0.15, 0.2) is 11.6 Å². The zero-order chi connectivity index (χ0) is 11.0. The Balaban J connectivity index is 2.58. The summed E-state index contributed by atoms with van der Waals surface area (Å²) in [4.78, 5) is 0. The number of aromatic nitrogens is 1. The molecule has 1 heterocycles. The Hall–Kier alpha value is -0.520. The highest BCUT2D eigenvalue weighted by Crippen LogP contribution is 2.35. The zero-order valence-electron chi connectivity index (χ0n) is 7.30. The summed E-state index contributed by atoms with van der Waals surface area (Å²) in [5.41, 5.74) is 6.37. The van der Waals surface area contributed by atoms with Crippen LogP contribution in [-0.2, 0) is 0 Å². The van der Waals surface area contributed by atoms with Crippen molar-refractivity contribution in [2.75, 3.05) is 5.73 Å². The second kappa shape index (κ2) is 4.15. The van der Waals surface area contributed by atoms with Crippen molar-refractivity contribution in [3.05, 3.63) is 32.2 Å². The topological polar surface area (TPSA) is 52.0 Å². The lowest BCUT2D eigenvalue weighted by molar-refractivity contribution is 0.435. The maximum absolute atomic E-state index is 5.92. The molecule has 0 spiro atoms. The first kappa shape index (κ1) is 11.0. The summed E-state index contributed by atoms with van der Waals surface area (Å²) in [7, 11) is 0. The number of nitrogens with two attached hydrogens (primary N) is 1. The molecule has 2 aromatic rings. The van der Waals surface area contributed by atoms with Gasteiger partial charge in [0.25, 0.3) is 0 Å². The molecular formula is C9H5Br2ClN2O. The third-order valence-corrected chi connectivity index (χ3v) is 3.23. The first-order valence-electron chi connectivity index (χ1n) is 3.95. The Labute approximate surface area is 108 Å². The predicted octanol–water partition coefficient (Wildman–Crippen LogP) is 4.10. The van der Waals surface area contributed by atoms with Crippen molar-refractivity contribution in [2.24, 2.45) is 0 Å². The first-order valence-corrected chi connectivity index (χ1v) is 5.91. The molecule has 15 heavy (non-hydrogen) atoms. The fraction of sp³-hybridized carbons (Fsp3) is 0. The summed E-state index contributed by atoms with van der Waals surface area (Å²) in [6, 6.07) is 5.44. The van der Waals surface area contributed by atoms with E-state index in [4.69, 9.17) is 21.9 Å². The smallest absolute Gasteiger partial charge is 0.183 e. The molecule has 0 aliphatic carbocycles.